The van der Waals surface area contributed by atoms with Crippen molar-refractivity contribution < 1.29 is 14.3 Å². The molecule has 2 rings (SSSR count). The standard InChI is InChI=1S/C15H22N2O3/c1-9-5-10(2)12(16)6-11(9)15(18)17-7-13(19-3)14(8-17)20-4/h5-6,13-14H,7-8,16H2,1-4H3. The summed E-state index contributed by atoms with van der Waals surface area (Å²) in [6.07, 6.45) is -0.154. The molecule has 1 aromatic carbocycles. The smallest absolute Gasteiger partial charge is 0.254 e. The van der Waals surface area contributed by atoms with Crippen LogP contribution < -0.4 is 5.73 Å². The predicted molar refractivity (Wildman–Crippen MR) is 77.8 cm³/mol. The van der Waals surface area contributed by atoms with E-state index in [-0.39, 0.29) is 18.1 Å². The zero-order valence-electron chi connectivity index (χ0n) is 12.5. The van der Waals surface area contributed by atoms with Gasteiger partial charge in [0.05, 0.1) is 0 Å². The summed E-state index contributed by atoms with van der Waals surface area (Å²) in [5, 5.41) is 0. The van der Waals surface area contributed by atoms with E-state index in [0.29, 0.717) is 24.3 Å². The normalized spacial score (nSPS) is 22.3. The van der Waals surface area contributed by atoms with Gasteiger partial charge in [0.15, 0.2) is 0 Å². The molecule has 20 heavy (non-hydrogen) atoms. The molecule has 1 aliphatic heterocycles. The Balaban J connectivity index is 2.23. The summed E-state index contributed by atoms with van der Waals surface area (Å²) in [6.45, 7) is 4.95. The first-order chi connectivity index (χ1) is 9.47. The van der Waals surface area contributed by atoms with Crippen LogP contribution >= 0.6 is 0 Å². The highest BCUT2D eigenvalue weighted by Gasteiger charge is 2.36. The Labute approximate surface area is 119 Å². The van der Waals surface area contributed by atoms with Gasteiger partial charge in [-0.1, -0.05) is 6.07 Å². The summed E-state index contributed by atoms with van der Waals surface area (Å²) < 4.78 is 10.7. The molecule has 5 nitrogen and oxygen atoms in total. The van der Waals surface area contributed by atoms with Crippen molar-refractivity contribution in [1.82, 2.24) is 4.90 Å². The van der Waals surface area contributed by atoms with Gasteiger partial charge in [0.2, 0.25) is 0 Å². The quantitative estimate of drug-likeness (QED) is 0.848. The van der Waals surface area contributed by atoms with Crippen LogP contribution in [0.4, 0.5) is 5.69 Å². The Hall–Kier alpha value is -1.59. The maximum Gasteiger partial charge on any atom is 0.254 e. The average molecular weight is 278 g/mol. The van der Waals surface area contributed by atoms with E-state index in [1.807, 2.05) is 19.9 Å². The van der Waals surface area contributed by atoms with E-state index in [1.54, 1.807) is 25.2 Å². The first-order valence-electron chi connectivity index (χ1n) is 6.69. The number of benzene rings is 1. The third kappa shape index (κ3) is 2.64. The minimum Gasteiger partial charge on any atom is -0.398 e. The van der Waals surface area contributed by atoms with Gasteiger partial charge in [-0.05, 0) is 31.0 Å². The van der Waals surface area contributed by atoms with Crippen LogP contribution in [0.2, 0.25) is 0 Å². The molecule has 0 spiro atoms. The molecule has 0 bridgehead atoms. The average Bonchev–Trinajstić information content (AvgIpc) is 2.85. The van der Waals surface area contributed by atoms with Crippen molar-refractivity contribution in [2.75, 3.05) is 33.0 Å². The summed E-state index contributed by atoms with van der Waals surface area (Å²) in [4.78, 5) is 14.4. The van der Waals surface area contributed by atoms with Crippen LogP contribution in [-0.4, -0.2) is 50.3 Å². The SMILES string of the molecule is COC1CN(C(=O)c2cc(N)c(C)cc2C)CC1OC. The minimum atomic E-state index is -0.0768. The van der Waals surface area contributed by atoms with Crippen LogP contribution in [0.25, 0.3) is 0 Å². The first kappa shape index (κ1) is 14.8. The van der Waals surface area contributed by atoms with Gasteiger partial charge < -0.3 is 20.1 Å². The number of methoxy groups -OCH3 is 2. The number of nitrogens with two attached hydrogens (primary N) is 1. The highest BCUT2D eigenvalue weighted by atomic mass is 16.5. The molecule has 0 saturated carbocycles. The lowest BCUT2D eigenvalue weighted by Crippen LogP contribution is -2.30. The maximum absolute atomic E-state index is 12.6. The molecule has 0 radical (unpaired) electrons. The van der Waals surface area contributed by atoms with Crippen LogP contribution in [0.15, 0.2) is 12.1 Å². The van der Waals surface area contributed by atoms with Crippen LogP contribution in [0.5, 0.6) is 0 Å². The monoisotopic (exact) mass is 278 g/mol. The second-order valence-corrected chi connectivity index (χ2v) is 5.28. The highest BCUT2D eigenvalue weighted by molar-refractivity contribution is 5.97. The van der Waals surface area contributed by atoms with E-state index in [0.717, 1.165) is 11.1 Å². The summed E-state index contributed by atoms with van der Waals surface area (Å²) in [6, 6.07) is 3.70. The summed E-state index contributed by atoms with van der Waals surface area (Å²) >= 11 is 0. The van der Waals surface area contributed by atoms with Crippen molar-refractivity contribution in [3.63, 3.8) is 0 Å². The lowest BCUT2D eigenvalue weighted by Gasteiger charge is -2.18. The van der Waals surface area contributed by atoms with E-state index >= 15 is 0 Å². The number of nitrogen functional groups attached to an aromatic ring is 1. The number of carbonyl (C=O) groups is 1. The van der Waals surface area contributed by atoms with Crippen LogP contribution in [0.3, 0.4) is 0 Å². The van der Waals surface area contributed by atoms with Gasteiger partial charge in [-0.25, -0.2) is 0 Å². The predicted octanol–water partition coefficient (Wildman–Crippen LogP) is 1.37. The van der Waals surface area contributed by atoms with Crippen LogP contribution in [0.1, 0.15) is 21.5 Å². The largest absolute Gasteiger partial charge is 0.398 e. The number of anilines is 1. The van der Waals surface area contributed by atoms with Gasteiger partial charge in [-0.15, -0.1) is 0 Å². The zero-order chi connectivity index (χ0) is 14.9. The Morgan fingerprint density at radius 3 is 2.20 bits per heavy atom. The Bertz CT molecular complexity index is 504. The third-order valence-corrected chi connectivity index (χ3v) is 3.95. The minimum absolute atomic E-state index is 0.0178. The fraction of sp³-hybridized carbons (Fsp3) is 0.533. The number of hydrogen-bond acceptors (Lipinski definition) is 4. The Kier molecular flexibility index (Phi) is 4.30. The number of hydrogen-bond donors (Lipinski definition) is 1. The van der Waals surface area contributed by atoms with Crippen molar-refractivity contribution in [3.8, 4) is 0 Å². The molecule has 1 heterocycles. The van der Waals surface area contributed by atoms with E-state index < -0.39 is 0 Å². The maximum atomic E-state index is 12.6. The molecule has 2 N–H and O–H groups in total. The van der Waals surface area contributed by atoms with Crippen LogP contribution in [0, 0.1) is 13.8 Å². The molecular formula is C15H22N2O3. The summed E-state index contributed by atoms with van der Waals surface area (Å²) in [5.74, 6) is -0.0178. The van der Waals surface area contributed by atoms with E-state index in [9.17, 15) is 4.79 Å². The lowest BCUT2D eigenvalue weighted by atomic mass is 10.0. The van der Waals surface area contributed by atoms with Gasteiger partial charge >= 0.3 is 0 Å². The number of nitrogens with zero attached hydrogens (tertiary/aromatic N) is 1. The zero-order valence-corrected chi connectivity index (χ0v) is 12.5. The van der Waals surface area contributed by atoms with Gasteiger partial charge in [0.25, 0.3) is 5.91 Å². The van der Waals surface area contributed by atoms with Crippen molar-refractivity contribution in [2.24, 2.45) is 0 Å². The molecule has 5 heteroatoms. The molecule has 1 aromatic rings. The molecule has 0 aromatic heterocycles. The molecule has 110 valence electrons. The molecule has 2 atom stereocenters. The van der Waals surface area contributed by atoms with Crippen LogP contribution in [-0.2, 0) is 9.47 Å². The Morgan fingerprint density at radius 2 is 1.70 bits per heavy atom. The van der Waals surface area contributed by atoms with E-state index in [4.69, 9.17) is 15.2 Å². The van der Waals surface area contributed by atoms with Gasteiger partial charge in [-0.3, -0.25) is 4.79 Å². The number of aryl methyl sites for hydroxylation is 2. The molecule has 1 amide bonds. The molecule has 1 saturated heterocycles. The first-order valence-corrected chi connectivity index (χ1v) is 6.69. The van der Waals surface area contributed by atoms with Gasteiger partial charge in [0, 0.05) is 38.6 Å². The Morgan fingerprint density at radius 1 is 1.15 bits per heavy atom. The van der Waals surface area contributed by atoms with Gasteiger partial charge in [-0.2, -0.15) is 0 Å². The highest BCUT2D eigenvalue weighted by Crippen LogP contribution is 2.23. The van der Waals surface area contributed by atoms with Crippen molar-refractivity contribution >= 4 is 11.6 Å². The number of amides is 1. The molecule has 2 unspecified atom stereocenters. The van der Waals surface area contributed by atoms with Crippen molar-refractivity contribution in [1.29, 1.82) is 0 Å². The fourth-order valence-electron chi connectivity index (χ4n) is 2.63. The number of ether oxygens (including phenoxy) is 2. The molecule has 0 aliphatic carbocycles. The summed E-state index contributed by atoms with van der Waals surface area (Å²) in [5.41, 5.74) is 9.14. The second-order valence-electron chi connectivity index (χ2n) is 5.28. The molecule has 1 fully saturated rings. The van der Waals surface area contributed by atoms with E-state index in [1.165, 1.54) is 0 Å². The van der Waals surface area contributed by atoms with Crippen molar-refractivity contribution in [2.45, 2.75) is 26.1 Å². The number of carbonyl (C=O) groups excluding carboxylic acids is 1. The second kappa shape index (κ2) is 5.81. The topological polar surface area (TPSA) is 64.8 Å². The molecule has 1 aliphatic rings. The van der Waals surface area contributed by atoms with Gasteiger partial charge in [0.1, 0.15) is 12.2 Å². The number of likely N-dealkylation sites (tertiary alicyclic amines) is 1. The summed E-state index contributed by atoms with van der Waals surface area (Å²) in [7, 11) is 3.28. The van der Waals surface area contributed by atoms with Crippen molar-refractivity contribution in [3.05, 3.63) is 28.8 Å². The van der Waals surface area contributed by atoms with E-state index in [2.05, 4.69) is 0 Å². The lowest BCUT2D eigenvalue weighted by molar-refractivity contribution is -0.00461. The third-order valence-electron chi connectivity index (χ3n) is 3.95. The fourth-order valence-corrected chi connectivity index (χ4v) is 2.63. The molecular weight excluding hydrogens is 256 g/mol. The number of rotatable bonds is 3.